The first-order valence-electron chi connectivity index (χ1n) is 8.10. The van der Waals surface area contributed by atoms with Gasteiger partial charge >= 0.3 is 0 Å². The van der Waals surface area contributed by atoms with Crippen LogP contribution in [0, 0.1) is 0 Å². The van der Waals surface area contributed by atoms with Crippen molar-refractivity contribution < 1.29 is 5.11 Å². The summed E-state index contributed by atoms with van der Waals surface area (Å²) in [7, 11) is 0. The third kappa shape index (κ3) is 6.48. The Bertz CT molecular complexity index is 521. The fourth-order valence-corrected chi connectivity index (χ4v) is 2.40. The van der Waals surface area contributed by atoms with Crippen molar-refractivity contribution >= 4 is 5.69 Å². The van der Waals surface area contributed by atoms with Crippen molar-refractivity contribution in [3.05, 3.63) is 53.1 Å². The molecular formula is C20H31NO. The number of benzene rings is 1. The predicted octanol–water partition coefficient (Wildman–Crippen LogP) is 5.06. The molecule has 1 aromatic carbocycles. The second-order valence-corrected chi connectivity index (χ2v) is 6.97. The fourth-order valence-electron chi connectivity index (χ4n) is 2.40. The molecule has 1 aromatic rings. The number of hydrogen-bond donors (Lipinski definition) is 2. The van der Waals surface area contributed by atoms with Gasteiger partial charge in [0.25, 0.3) is 0 Å². The van der Waals surface area contributed by atoms with Crippen LogP contribution in [0.4, 0.5) is 5.69 Å². The zero-order valence-electron chi connectivity index (χ0n) is 14.7. The molecule has 0 unspecified atom stereocenters. The molecule has 2 N–H and O–H groups in total. The summed E-state index contributed by atoms with van der Waals surface area (Å²) < 4.78 is 0. The van der Waals surface area contributed by atoms with Crippen LogP contribution < -0.4 is 5.32 Å². The first-order chi connectivity index (χ1) is 10.3. The Morgan fingerprint density at radius 1 is 1.09 bits per heavy atom. The van der Waals surface area contributed by atoms with Gasteiger partial charge in [-0.2, -0.15) is 0 Å². The summed E-state index contributed by atoms with van der Waals surface area (Å²) in [6, 6.07) is 8.54. The molecule has 0 heterocycles. The summed E-state index contributed by atoms with van der Waals surface area (Å²) in [5, 5.41) is 12.4. The normalized spacial score (nSPS) is 13.4. The predicted molar refractivity (Wildman–Crippen MR) is 97.5 cm³/mol. The molecule has 0 radical (unpaired) electrons. The van der Waals surface area contributed by atoms with Crippen molar-refractivity contribution in [1.29, 1.82) is 0 Å². The Morgan fingerprint density at radius 3 is 2.41 bits per heavy atom. The van der Waals surface area contributed by atoms with E-state index in [-0.39, 0.29) is 12.0 Å². The molecule has 0 aliphatic carbocycles. The smallest absolute Gasteiger partial charge is 0.0614 e. The number of rotatable bonds is 7. The maximum Gasteiger partial charge on any atom is 0.0614 e. The number of aliphatic hydroxyl groups is 1. The maximum absolute atomic E-state index is 8.85. The lowest BCUT2D eigenvalue weighted by atomic mass is 9.86. The number of aliphatic hydroxyl groups excluding tert-OH is 1. The van der Waals surface area contributed by atoms with Crippen LogP contribution in [0.2, 0.25) is 0 Å². The minimum absolute atomic E-state index is 0.139. The molecule has 0 amide bonds. The number of anilines is 1. The van der Waals surface area contributed by atoms with E-state index in [0.717, 1.165) is 19.4 Å². The third-order valence-electron chi connectivity index (χ3n) is 3.76. The summed E-state index contributed by atoms with van der Waals surface area (Å²) in [5.41, 5.74) is 5.31. The molecule has 0 aliphatic heterocycles. The SMILES string of the molecule is C/C(=C\CO)CC/C=C(\C)CNc1ccccc1C(C)(C)C. The highest BCUT2D eigenvalue weighted by Crippen LogP contribution is 2.29. The highest BCUT2D eigenvalue weighted by molar-refractivity contribution is 5.54. The second-order valence-electron chi connectivity index (χ2n) is 6.97. The summed E-state index contributed by atoms with van der Waals surface area (Å²) in [6.07, 6.45) is 6.19. The molecule has 2 heteroatoms. The monoisotopic (exact) mass is 301 g/mol. The Morgan fingerprint density at radius 2 is 1.77 bits per heavy atom. The van der Waals surface area contributed by atoms with Gasteiger partial charge in [0.2, 0.25) is 0 Å². The van der Waals surface area contributed by atoms with Gasteiger partial charge in [-0.05, 0) is 43.7 Å². The Hall–Kier alpha value is -1.54. The lowest BCUT2D eigenvalue weighted by Gasteiger charge is -2.23. The van der Waals surface area contributed by atoms with Gasteiger partial charge in [-0.15, -0.1) is 0 Å². The van der Waals surface area contributed by atoms with Crippen molar-refractivity contribution in [3.63, 3.8) is 0 Å². The van der Waals surface area contributed by atoms with Gasteiger partial charge in [0.05, 0.1) is 6.61 Å². The molecule has 0 aliphatic rings. The molecule has 22 heavy (non-hydrogen) atoms. The van der Waals surface area contributed by atoms with E-state index in [9.17, 15) is 0 Å². The molecule has 2 nitrogen and oxygen atoms in total. The standard InChI is InChI=1S/C20H31NO/c1-16(13-14-22)9-8-10-17(2)15-21-19-12-7-6-11-18(19)20(3,4)5/h6-7,10-13,21-22H,8-9,14-15H2,1-5H3/b16-13+,17-10+. The van der Waals surface area contributed by atoms with Crippen LogP contribution in [-0.4, -0.2) is 18.3 Å². The van der Waals surface area contributed by atoms with E-state index >= 15 is 0 Å². The van der Waals surface area contributed by atoms with E-state index in [1.165, 1.54) is 22.4 Å². The van der Waals surface area contributed by atoms with Crippen LogP contribution in [0.25, 0.3) is 0 Å². The molecule has 0 saturated heterocycles. The molecule has 0 aromatic heterocycles. The average Bonchev–Trinajstić information content (AvgIpc) is 2.45. The lowest BCUT2D eigenvalue weighted by Crippen LogP contribution is -2.15. The average molecular weight is 301 g/mol. The molecule has 0 saturated carbocycles. The van der Waals surface area contributed by atoms with Gasteiger partial charge in [-0.25, -0.2) is 0 Å². The molecule has 0 spiro atoms. The number of para-hydroxylation sites is 1. The van der Waals surface area contributed by atoms with Crippen LogP contribution in [0.3, 0.4) is 0 Å². The van der Waals surface area contributed by atoms with Crippen molar-refractivity contribution in [2.24, 2.45) is 0 Å². The zero-order valence-corrected chi connectivity index (χ0v) is 14.7. The zero-order chi connectivity index (χ0) is 16.6. The van der Waals surface area contributed by atoms with Crippen molar-refractivity contribution in [2.75, 3.05) is 18.5 Å². The van der Waals surface area contributed by atoms with E-state index in [4.69, 9.17) is 5.11 Å². The van der Waals surface area contributed by atoms with Crippen LogP contribution in [0.5, 0.6) is 0 Å². The molecular weight excluding hydrogens is 270 g/mol. The van der Waals surface area contributed by atoms with E-state index in [1.807, 2.05) is 6.08 Å². The fraction of sp³-hybridized carbons (Fsp3) is 0.500. The lowest BCUT2D eigenvalue weighted by molar-refractivity contribution is 0.341. The first kappa shape index (κ1) is 18.5. The van der Waals surface area contributed by atoms with Gasteiger partial charge < -0.3 is 10.4 Å². The van der Waals surface area contributed by atoms with Crippen LogP contribution >= 0.6 is 0 Å². The van der Waals surface area contributed by atoms with Gasteiger partial charge in [0.15, 0.2) is 0 Å². The maximum atomic E-state index is 8.85. The van der Waals surface area contributed by atoms with E-state index < -0.39 is 0 Å². The largest absolute Gasteiger partial charge is 0.392 e. The second kappa shape index (κ2) is 8.79. The quantitative estimate of drug-likeness (QED) is 0.690. The van der Waals surface area contributed by atoms with Gasteiger partial charge in [-0.3, -0.25) is 0 Å². The Balaban J connectivity index is 2.58. The topological polar surface area (TPSA) is 32.3 Å². The van der Waals surface area contributed by atoms with Crippen LogP contribution in [0.1, 0.15) is 53.0 Å². The first-order valence-corrected chi connectivity index (χ1v) is 8.10. The summed E-state index contributed by atoms with van der Waals surface area (Å²) >= 11 is 0. The van der Waals surface area contributed by atoms with E-state index in [2.05, 4.69) is 70.3 Å². The van der Waals surface area contributed by atoms with Crippen molar-refractivity contribution in [2.45, 2.75) is 52.9 Å². The van der Waals surface area contributed by atoms with Crippen LogP contribution in [-0.2, 0) is 5.41 Å². The highest BCUT2D eigenvalue weighted by Gasteiger charge is 2.16. The Kier molecular flexibility index (Phi) is 7.40. The van der Waals surface area contributed by atoms with Crippen LogP contribution in [0.15, 0.2) is 47.6 Å². The minimum Gasteiger partial charge on any atom is -0.392 e. The van der Waals surface area contributed by atoms with Crippen molar-refractivity contribution in [3.8, 4) is 0 Å². The number of hydrogen-bond acceptors (Lipinski definition) is 2. The van der Waals surface area contributed by atoms with Gasteiger partial charge in [0, 0.05) is 12.2 Å². The molecule has 0 atom stereocenters. The summed E-state index contributed by atoms with van der Waals surface area (Å²) in [6.45, 7) is 12.0. The number of allylic oxidation sites excluding steroid dienone is 2. The highest BCUT2D eigenvalue weighted by atomic mass is 16.2. The minimum atomic E-state index is 0.139. The summed E-state index contributed by atoms with van der Waals surface area (Å²) in [5.74, 6) is 0. The molecule has 122 valence electrons. The number of nitrogens with one attached hydrogen (secondary N) is 1. The van der Waals surface area contributed by atoms with E-state index in [0.29, 0.717) is 0 Å². The van der Waals surface area contributed by atoms with Gasteiger partial charge in [-0.1, -0.05) is 62.3 Å². The molecule has 0 bridgehead atoms. The van der Waals surface area contributed by atoms with E-state index in [1.54, 1.807) is 0 Å². The molecule has 0 fully saturated rings. The van der Waals surface area contributed by atoms with Crippen molar-refractivity contribution in [1.82, 2.24) is 0 Å². The van der Waals surface area contributed by atoms with Gasteiger partial charge in [0.1, 0.15) is 0 Å². The Labute approximate surface area is 136 Å². The molecule has 1 rings (SSSR count). The third-order valence-corrected chi connectivity index (χ3v) is 3.76. The summed E-state index contributed by atoms with van der Waals surface area (Å²) in [4.78, 5) is 0.